The molecule has 0 bridgehead atoms. The highest BCUT2D eigenvalue weighted by molar-refractivity contribution is 7.98. The SMILES string of the molecule is CCCCCC(=O)N/N=C/c1ccc(OC)c(CSc2nc3ccccc3o2)c1. The van der Waals surface area contributed by atoms with Crippen LogP contribution in [0, 0.1) is 0 Å². The van der Waals surface area contributed by atoms with E-state index in [1.807, 2.05) is 42.5 Å². The second-order valence-corrected chi connectivity index (χ2v) is 7.48. The van der Waals surface area contributed by atoms with Gasteiger partial charge in [0.25, 0.3) is 5.22 Å². The Hall–Kier alpha value is -2.80. The summed E-state index contributed by atoms with van der Waals surface area (Å²) < 4.78 is 11.2. The van der Waals surface area contributed by atoms with E-state index < -0.39 is 0 Å². The normalized spacial score (nSPS) is 11.2. The minimum absolute atomic E-state index is 0.0602. The van der Waals surface area contributed by atoms with E-state index in [0.717, 1.165) is 47.2 Å². The van der Waals surface area contributed by atoms with Gasteiger partial charge in [0.1, 0.15) is 11.3 Å². The molecule has 0 fully saturated rings. The molecule has 0 saturated carbocycles. The molecule has 0 aliphatic rings. The highest BCUT2D eigenvalue weighted by atomic mass is 32.2. The van der Waals surface area contributed by atoms with Gasteiger partial charge in [0, 0.05) is 17.7 Å². The fourth-order valence-electron chi connectivity index (χ4n) is 2.81. The van der Waals surface area contributed by atoms with Crippen LogP contribution in [0.1, 0.15) is 43.7 Å². The van der Waals surface area contributed by atoms with Crippen molar-refractivity contribution in [2.24, 2.45) is 5.10 Å². The van der Waals surface area contributed by atoms with Crippen LogP contribution in [0.15, 0.2) is 57.2 Å². The maximum Gasteiger partial charge on any atom is 0.257 e. The van der Waals surface area contributed by atoms with Gasteiger partial charge in [-0.15, -0.1) is 0 Å². The van der Waals surface area contributed by atoms with Crippen molar-refractivity contribution in [2.75, 3.05) is 7.11 Å². The van der Waals surface area contributed by atoms with Crippen LogP contribution in [0.3, 0.4) is 0 Å². The summed E-state index contributed by atoms with van der Waals surface area (Å²) >= 11 is 1.51. The van der Waals surface area contributed by atoms with Crippen LogP contribution in [0.2, 0.25) is 0 Å². The molecule has 1 N–H and O–H groups in total. The van der Waals surface area contributed by atoms with Gasteiger partial charge < -0.3 is 9.15 Å². The van der Waals surface area contributed by atoms with Gasteiger partial charge in [0.05, 0.1) is 13.3 Å². The number of para-hydroxylation sites is 2. The Morgan fingerprint density at radius 1 is 1.28 bits per heavy atom. The van der Waals surface area contributed by atoms with Gasteiger partial charge in [-0.05, 0) is 42.3 Å². The zero-order valence-electron chi connectivity index (χ0n) is 16.7. The Labute approximate surface area is 174 Å². The number of nitrogens with zero attached hydrogens (tertiary/aromatic N) is 2. The number of carbonyl (C=O) groups excluding carboxylic acids is 1. The average molecular weight is 412 g/mol. The number of nitrogens with one attached hydrogen (secondary N) is 1. The minimum Gasteiger partial charge on any atom is -0.496 e. The number of methoxy groups -OCH3 is 1. The maximum absolute atomic E-state index is 11.7. The van der Waals surface area contributed by atoms with Crippen LogP contribution in [-0.2, 0) is 10.5 Å². The lowest BCUT2D eigenvalue weighted by Crippen LogP contribution is -2.16. The number of hydrazone groups is 1. The Morgan fingerprint density at radius 2 is 2.14 bits per heavy atom. The van der Waals surface area contributed by atoms with E-state index in [1.165, 1.54) is 11.8 Å². The van der Waals surface area contributed by atoms with Gasteiger partial charge in [-0.25, -0.2) is 10.4 Å². The Balaban J connectivity index is 1.62. The molecular weight excluding hydrogens is 386 g/mol. The van der Waals surface area contributed by atoms with Crippen LogP contribution in [0.25, 0.3) is 11.1 Å². The predicted octanol–water partition coefficient (Wildman–Crippen LogP) is 5.16. The van der Waals surface area contributed by atoms with Gasteiger partial charge >= 0.3 is 0 Å². The fourth-order valence-corrected chi connectivity index (χ4v) is 3.63. The maximum atomic E-state index is 11.7. The molecule has 0 atom stereocenters. The number of amides is 1. The topological polar surface area (TPSA) is 76.7 Å². The summed E-state index contributed by atoms with van der Waals surface area (Å²) in [4.78, 5) is 16.2. The highest BCUT2D eigenvalue weighted by Gasteiger charge is 2.09. The second kappa shape index (κ2) is 10.7. The van der Waals surface area contributed by atoms with Crippen LogP contribution < -0.4 is 10.2 Å². The van der Waals surface area contributed by atoms with Crippen LogP contribution in [-0.4, -0.2) is 24.2 Å². The number of carbonyl (C=O) groups is 1. The Kier molecular flexibility index (Phi) is 7.69. The molecule has 0 saturated heterocycles. The Bertz CT molecular complexity index is 951. The first-order valence-electron chi connectivity index (χ1n) is 9.66. The number of fused-ring (bicyclic) bond motifs is 1. The molecule has 0 aliphatic carbocycles. The van der Waals surface area contributed by atoms with Crippen molar-refractivity contribution in [3.05, 3.63) is 53.6 Å². The lowest BCUT2D eigenvalue weighted by atomic mass is 10.1. The molecule has 0 aliphatic heterocycles. The van der Waals surface area contributed by atoms with E-state index in [2.05, 4.69) is 22.4 Å². The summed E-state index contributed by atoms with van der Waals surface area (Å²) in [7, 11) is 1.65. The minimum atomic E-state index is -0.0602. The second-order valence-electron chi connectivity index (χ2n) is 6.56. The molecule has 2 aromatic carbocycles. The third kappa shape index (κ3) is 6.09. The number of hydrogen-bond acceptors (Lipinski definition) is 6. The van der Waals surface area contributed by atoms with E-state index >= 15 is 0 Å². The number of rotatable bonds is 10. The predicted molar refractivity (Wildman–Crippen MR) is 116 cm³/mol. The molecule has 1 aromatic heterocycles. The van der Waals surface area contributed by atoms with Crippen molar-refractivity contribution in [2.45, 2.75) is 43.6 Å². The number of unbranched alkanes of at least 4 members (excludes halogenated alkanes) is 2. The molecular formula is C22H25N3O3S. The molecule has 7 heteroatoms. The fraction of sp³-hybridized carbons (Fsp3) is 0.318. The standard InChI is InChI=1S/C22H25N3O3S/c1-3-4-5-10-21(26)25-23-14-16-11-12-19(27-2)17(13-16)15-29-22-24-18-8-6-7-9-20(18)28-22/h6-9,11-14H,3-5,10,15H2,1-2H3,(H,25,26)/b23-14+. The van der Waals surface area contributed by atoms with Crippen LogP contribution in [0.5, 0.6) is 5.75 Å². The molecule has 3 aromatic rings. The highest BCUT2D eigenvalue weighted by Crippen LogP contribution is 2.30. The van der Waals surface area contributed by atoms with Crippen molar-refractivity contribution in [3.63, 3.8) is 0 Å². The Morgan fingerprint density at radius 3 is 2.93 bits per heavy atom. The summed E-state index contributed by atoms with van der Waals surface area (Å²) in [6.07, 6.45) is 5.17. The van der Waals surface area contributed by atoms with E-state index in [1.54, 1.807) is 13.3 Å². The largest absolute Gasteiger partial charge is 0.496 e. The van der Waals surface area contributed by atoms with Crippen molar-refractivity contribution >= 4 is 35.0 Å². The molecule has 6 nitrogen and oxygen atoms in total. The van der Waals surface area contributed by atoms with Crippen molar-refractivity contribution in [1.29, 1.82) is 0 Å². The first kappa shape index (κ1) is 20.9. The zero-order valence-corrected chi connectivity index (χ0v) is 17.5. The molecule has 1 amide bonds. The summed E-state index contributed by atoms with van der Waals surface area (Å²) in [5, 5.41) is 4.68. The monoisotopic (exact) mass is 411 g/mol. The molecule has 152 valence electrons. The summed E-state index contributed by atoms with van der Waals surface area (Å²) in [6.45, 7) is 2.11. The number of aromatic nitrogens is 1. The number of hydrogen-bond donors (Lipinski definition) is 1. The van der Waals surface area contributed by atoms with E-state index in [4.69, 9.17) is 9.15 Å². The smallest absolute Gasteiger partial charge is 0.257 e. The number of ether oxygens (including phenoxy) is 1. The van der Waals surface area contributed by atoms with E-state index in [9.17, 15) is 4.79 Å². The molecule has 0 unspecified atom stereocenters. The summed E-state index contributed by atoms with van der Waals surface area (Å²) in [5.74, 6) is 1.37. The number of thioether (sulfide) groups is 1. The average Bonchev–Trinajstić information content (AvgIpc) is 3.15. The molecule has 0 spiro atoms. The third-order valence-electron chi connectivity index (χ3n) is 4.34. The molecule has 29 heavy (non-hydrogen) atoms. The van der Waals surface area contributed by atoms with E-state index in [-0.39, 0.29) is 5.91 Å². The molecule has 0 radical (unpaired) electrons. The van der Waals surface area contributed by atoms with Gasteiger partial charge in [-0.2, -0.15) is 5.10 Å². The third-order valence-corrected chi connectivity index (χ3v) is 5.22. The lowest BCUT2D eigenvalue weighted by Gasteiger charge is -2.08. The van der Waals surface area contributed by atoms with Crippen LogP contribution in [0.4, 0.5) is 0 Å². The molecule has 3 rings (SSSR count). The number of benzene rings is 2. The number of oxazole rings is 1. The zero-order chi connectivity index (χ0) is 20.5. The quantitative estimate of drug-likeness (QED) is 0.216. The van der Waals surface area contributed by atoms with Gasteiger partial charge in [-0.1, -0.05) is 43.7 Å². The lowest BCUT2D eigenvalue weighted by molar-refractivity contribution is -0.121. The first-order chi connectivity index (χ1) is 14.2. The first-order valence-corrected chi connectivity index (χ1v) is 10.7. The van der Waals surface area contributed by atoms with Gasteiger partial charge in [0.15, 0.2) is 5.58 Å². The summed E-state index contributed by atoms with van der Waals surface area (Å²) in [5.41, 5.74) is 6.08. The van der Waals surface area contributed by atoms with Crippen molar-refractivity contribution in [1.82, 2.24) is 10.4 Å². The summed E-state index contributed by atoms with van der Waals surface area (Å²) in [6, 6.07) is 13.5. The van der Waals surface area contributed by atoms with Gasteiger partial charge in [-0.3, -0.25) is 4.79 Å². The van der Waals surface area contributed by atoms with Crippen molar-refractivity contribution in [3.8, 4) is 5.75 Å². The molecule has 1 heterocycles. The van der Waals surface area contributed by atoms with Crippen molar-refractivity contribution < 1.29 is 13.9 Å². The van der Waals surface area contributed by atoms with Gasteiger partial charge in [0.2, 0.25) is 5.91 Å². The van der Waals surface area contributed by atoms with E-state index in [0.29, 0.717) is 17.4 Å². The van der Waals surface area contributed by atoms with Crippen LogP contribution >= 0.6 is 11.8 Å².